The molecule has 2 N–H and O–H groups in total. The lowest BCUT2D eigenvalue weighted by molar-refractivity contribution is 0.174. The van der Waals surface area contributed by atoms with Crippen molar-refractivity contribution in [3.05, 3.63) is 65.6 Å². The second-order valence-corrected chi connectivity index (χ2v) is 5.89. The van der Waals surface area contributed by atoms with Gasteiger partial charge in [-0.3, -0.25) is 0 Å². The van der Waals surface area contributed by atoms with Crippen LogP contribution in [0.5, 0.6) is 11.5 Å². The van der Waals surface area contributed by atoms with Gasteiger partial charge >= 0.3 is 0 Å². The Bertz CT molecular complexity index is 931. The number of fused-ring (bicyclic) bond motifs is 1. The Kier molecular flexibility index (Phi) is 4.27. The lowest BCUT2D eigenvalue weighted by atomic mass is 10.2. The van der Waals surface area contributed by atoms with Crippen LogP contribution >= 0.6 is 0 Å². The number of hydrogen-bond donors (Lipinski definition) is 2. The number of halogens is 1. The molecule has 0 unspecified atom stereocenters. The van der Waals surface area contributed by atoms with Crippen molar-refractivity contribution in [1.29, 1.82) is 0 Å². The number of nitrogens with one attached hydrogen (secondary N) is 2. The fraction of sp³-hybridized carbons (Fsp3) is 0.158. The van der Waals surface area contributed by atoms with E-state index in [1.165, 1.54) is 12.1 Å². The quantitative estimate of drug-likeness (QED) is 0.723. The molecule has 0 fully saturated rings. The third-order valence-electron chi connectivity index (χ3n) is 3.86. The van der Waals surface area contributed by atoms with E-state index in [-0.39, 0.29) is 12.6 Å². The van der Waals surface area contributed by atoms with Crippen LogP contribution in [-0.2, 0) is 6.54 Å². The summed E-state index contributed by atoms with van der Waals surface area (Å²) in [5.74, 6) is 2.37. The molecule has 6 nitrogen and oxygen atoms in total. The van der Waals surface area contributed by atoms with Gasteiger partial charge in [0, 0.05) is 24.0 Å². The number of ether oxygens (including phenoxy) is 2. The molecule has 0 saturated heterocycles. The molecule has 0 spiro atoms. The predicted molar refractivity (Wildman–Crippen MR) is 96.3 cm³/mol. The molecule has 2 aromatic carbocycles. The Hall–Kier alpha value is -3.35. The second-order valence-electron chi connectivity index (χ2n) is 5.89. The first kappa shape index (κ1) is 16.1. The zero-order valence-electron chi connectivity index (χ0n) is 14.1. The minimum Gasteiger partial charge on any atom is -0.454 e. The smallest absolute Gasteiger partial charge is 0.231 e. The molecule has 0 atom stereocenters. The van der Waals surface area contributed by atoms with E-state index in [1.807, 2.05) is 31.2 Å². The van der Waals surface area contributed by atoms with Crippen LogP contribution < -0.4 is 20.1 Å². The number of benzene rings is 2. The maximum absolute atomic E-state index is 13.0. The zero-order valence-corrected chi connectivity index (χ0v) is 14.1. The van der Waals surface area contributed by atoms with Crippen molar-refractivity contribution < 1.29 is 13.9 Å². The van der Waals surface area contributed by atoms with Crippen LogP contribution in [-0.4, -0.2) is 16.8 Å². The summed E-state index contributed by atoms with van der Waals surface area (Å²) < 4.78 is 23.7. The van der Waals surface area contributed by atoms with Crippen LogP contribution in [0.4, 0.5) is 21.8 Å². The average molecular weight is 352 g/mol. The first-order chi connectivity index (χ1) is 12.7. The molecule has 0 radical (unpaired) electrons. The topological polar surface area (TPSA) is 68.3 Å². The molecule has 1 aliphatic heterocycles. The molecule has 0 amide bonds. The van der Waals surface area contributed by atoms with E-state index in [0.29, 0.717) is 18.3 Å². The van der Waals surface area contributed by atoms with Gasteiger partial charge in [0.25, 0.3) is 0 Å². The summed E-state index contributed by atoms with van der Waals surface area (Å²) in [5.41, 5.74) is 2.61. The molecule has 4 rings (SSSR count). The summed E-state index contributed by atoms with van der Waals surface area (Å²) in [6, 6.07) is 13.7. The normalized spacial score (nSPS) is 12.1. The molecule has 0 aliphatic carbocycles. The molecule has 132 valence electrons. The zero-order chi connectivity index (χ0) is 17.9. The van der Waals surface area contributed by atoms with Gasteiger partial charge in [-0.05, 0) is 48.9 Å². The standard InChI is InChI=1S/C19H17FN4O2/c1-12-8-18(23-15-5-3-14(20)4-6-15)24-19(22-12)21-10-13-2-7-16-17(9-13)26-11-25-16/h2-9H,10-11H2,1H3,(H2,21,22,23,24). The van der Waals surface area contributed by atoms with Gasteiger partial charge in [-0.2, -0.15) is 4.98 Å². The van der Waals surface area contributed by atoms with Crippen molar-refractivity contribution in [2.45, 2.75) is 13.5 Å². The summed E-state index contributed by atoms with van der Waals surface area (Å²) in [7, 11) is 0. The van der Waals surface area contributed by atoms with E-state index in [1.54, 1.807) is 12.1 Å². The maximum atomic E-state index is 13.0. The fourth-order valence-corrected chi connectivity index (χ4v) is 2.62. The minimum absolute atomic E-state index is 0.256. The highest BCUT2D eigenvalue weighted by atomic mass is 19.1. The SMILES string of the molecule is Cc1cc(Nc2ccc(F)cc2)nc(NCc2ccc3c(c2)OCO3)n1. The van der Waals surface area contributed by atoms with Crippen molar-refractivity contribution >= 4 is 17.5 Å². The van der Waals surface area contributed by atoms with Crippen LogP contribution in [0.2, 0.25) is 0 Å². The average Bonchev–Trinajstić information content (AvgIpc) is 3.09. The molecule has 2 heterocycles. The van der Waals surface area contributed by atoms with E-state index in [2.05, 4.69) is 20.6 Å². The Labute approximate surface area is 150 Å². The monoisotopic (exact) mass is 352 g/mol. The van der Waals surface area contributed by atoms with Crippen molar-refractivity contribution in [2.24, 2.45) is 0 Å². The summed E-state index contributed by atoms with van der Waals surface area (Å²) >= 11 is 0. The molecular formula is C19H17FN4O2. The number of nitrogens with zero attached hydrogens (tertiary/aromatic N) is 2. The highest BCUT2D eigenvalue weighted by molar-refractivity contribution is 5.57. The van der Waals surface area contributed by atoms with Crippen molar-refractivity contribution in [2.75, 3.05) is 17.4 Å². The van der Waals surface area contributed by atoms with Gasteiger partial charge < -0.3 is 20.1 Å². The van der Waals surface area contributed by atoms with Gasteiger partial charge in [-0.25, -0.2) is 9.37 Å². The van der Waals surface area contributed by atoms with Gasteiger partial charge in [-0.1, -0.05) is 6.07 Å². The molecule has 0 saturated carbocycles. The largest absolute Gasteiger partial charge is 0.454 e. The van der Waals surface area contributed by atoms with E-state index >= 15 is 0 Å². The van der Waals surface area contributed by atoms with E-state index < -0.39 is 0 Å². The number of anilines is 3. The Morgan fingerprint density at radius 3 is 2.65 bits per heavy atom. The minimum atomic E-state index is -0.277. The fourth-order valence-electron chi connectivity index (χ4n) is 2.62. The van der Waals surface area contributed by atoms with Crippen LogP contribution in [0.1, 0.15) is 11.3 Å². The molecule has 26 heavy (non-hydrogen) atoms. The Morgan fingerprint density at radius 1 is 1.00 bits per heavy atom. The van der Waals surface area contributed by atoms with Crippen LogP contribution in [0.25, 0.3) is 0 Å². The van der Waals surface area contributed by atoms with Crippen molar-refractivity contribution in [1.82, 2.24) is 9.97 Å². The lowest BCUT2D eigenvalue weighted by Crippen LogP contribution is -2.06. The second kappa shape index (κ2) is 6.87. The van der Waals surface area contributed by atoms with Gasteiger partial charge in [0.15, 0.2) is 11.5 Å². The van der Waals surface area contributed by atoms with Crippen LogP contribution in [0, 0.1) is 12.7 Å². The van der Waals surface area contributed by atoms with E-state index in [0.717, 1.165) is 28.4 Å². The maximum Gasteiger partial charge on any atom is 0.231 e. The Balaban J connectivity index is 1.46. The molecule has 3 aromatic rings. The van der Waals surface area contributed by atoms with Crippen LogP contribution in [0.3, 0.4) is 0 Å². The number of rotatable bonds is 5. The number of aromatic nitrogens is 2. The predicted octanol–water partition coefficient (Wildman–Crippen LogP) is 4.01. The third-order valence-corrected chi connectivity index (χ3v) is 3.86. The van der Waals surface area contributed by atoms with Gasteiger partial charge in [-0.15, -0.1) is 0 Å². The first-order valence-electron chi connectivity index (χ1n) is 8.16. The molecule has 1 aliphatic rings. The number of aryl methyl sites for hydroxylation is 1. The highest BCUT2D eigenvalue weighted by Gasteiger charge is 2.13. The molecule has 0 bridgehead atoms. The lowest BCUT2D eigenvalue weighted by Gasteiger charge is -2.10. The molecule has 7 heteroatoms. The van der Waals surface area contributed by atoms with Crippen molar-refractivity contribution in [3.63, 3.8) is 0 Å². The van der Waals surface area contributed by atoms with E-state index in [4.69, 9.17) is 9.47 Å². The van der Waals surface area contributed by atoms with Gasteiger partial charge in [0.1, 0.15) is 11.6 Å². The number of hydrogen-bond acceptors (Lipinski definition) is 6. The van der Waals surface area contributed by atoms with Crippen molar-refractivity contribution in [3.8, 4) is 11.5 Å². The summed E-state index contributed by atoms with van der Waals surface area (Å²) in [5, 5.41) is 6.36. The highest BCUT2D eigenvalue weighted by Crippen LogP contribution is 2.32. The molecular weight excluding hydrogens is 335 g/mol. The first-order valence-corrected chi connectivity index (χ1v) is 8.16. The summed E-state index contributed by atoms with van der Waals surface area (Å²) in [4.78, 5) is 8.85. The van der Waals surface area contributed by atoms with E-state index in [9.17, 15) is 4.39 Å². The summed E-state index contributed by atoms with van der Waals surface area (Å²) in [6.07, 6.45) is 0. The third kappa shape index (κ3) is 3.66. The van der Waals surface area contributed by atoms with Gasteiger partial charge in [0.05, 0.1) is 0 Å². The van der Waals surface area contributed by atoms with Gasteiger partial charge in [0.2, 0.25) is 12.7 Å². The Morgan fingerprint density at radius 2 is 1.81 bits per heavy atom. The molecule has 1 aromatic heterocycles. The summed E-state index contributed by atoms with van der Waals surface area (Å²) in [6.45, 7) is 2.70. The van der Waals surface area contributed by atoms with Crippen LogP contribution in [0.15, 0.2) is 48.5 Å².